The first-order chi connectivity index (χ1) is 12.2. The molecule has 0 spiro atoms. The Hall–Kier alpha value is -1.85. The van der Waals surface area contributed by atoms with Crippen LogP contribution in [0.4, 0.5) is 0 Å². The summed E-state index contributed by atoms with van der Waals surface area (Å²) < 4.78 is 10.7. The van der Waals surface area contributed by atoms with Crippen LogP contribution in [0.1, 0.15) is 30.0 Å². The Bertz CT molecular complexity index is 811. The van der Waals surface area contributed by atoms with Crippen molar-refractivity contribution < 1.29 is 14.3 Å². The number of ether oxygens (including phenoxy) is 2. The van der Waals surface area contributed by atoms with E-state index in [1.165, 1.54) is 4.90 Å². The van der Waals surface area contributed by atoms with Crippen LogP contribution in [-0.4, -0.2) is 18.5 Å². The summed E-state index contributed by atoms with van der Waals surface area (Å²) in [4.78, 5) is 13.6. The van der Waals surface area contributed by atoms with Crippen molar-refractivity contribution in [1.82, 2.24) is 5.32 Å². The van der Waals surface area contributed by atoms with Crippen molar-refractivity contribution in [2.45, 2.75) is 30.2 Å². The molecule has 0 saturated carbocycles. The molecule has 2 heterocycles. The van der Waals surface area contributed by atoms with Gasteiger partial charge in [0.25, 0.3) is 0 Å². The number of hydrogen-bond acceptors (Lipinski definition) is 4. The highest BCUT2D eigenvalue weighted by Gasteiger charge is 2.22. The maximum atomic E-state index is 12.4. The third-order valence-electron chi connectivity index (χ3n) is 4.42. The summed E-state index contributed by atoms with van der Waals surface area (Å²) in [6.45, 7) is 0.265. The number of aryl methyl sites for hydroxylation is 1. The Morgan fingerprint density at radius 3 is 3.00 bits per heavy atom. The van der Waals surface area contributed by atoms with E-state index in [9.17, 15) is 4.79 Å². The normalized spacial score (nSPS) is 17.9. The summed E-state index contributed by atoms with van der Waals surface area (Å²) in [5.74, 6) is 2.58. The molecular formula is C19H18ClNO3S. The minimum absolute atomic E-state index is 0.0409. The van der Waals surface area contributed by atoms with E-state index in [0.717, 1.165) is 34.8 Å². The predicted molar refractivity (Wildman–Crippen MR) is 98.6 cm³/mol. The molecule has 0 saturated heterocycles. The Kier molecular flexibility index (Phi) is 4.77. The predicted octanol–water partition coefficient (Wildman–Crippen LogP) is 4.35. The molecule has 1 atom stereocenters. The van der Waals surface area contributed by atoms with Crippen LogP contribution in [0.25, 0.3) is 0 Å². The lowest BCUT2D eigenvalue weighted by molar-refractivity contribution is -0.121. The topological polar surface area (TPSA) is 47.6 Å². The van der Waals surface area contributed by atoms with E-state index >= 15 is 0 Å². The summed E-state index contributed by atoms with van der Waals surface area (Å²) >= 11 is 7.94. The fourth-order valence-electron chi connectivity index (χ4n) is 3.14. The number of amides is 1. The van der Waals surface area contributed by atoms with Gasteiger partial charge in [-0.25, -0.2) is 0 Å². The van der Waals surface area contributed by atoms with Crippen molar-refractivity contribution in [2.24, 2.45) is 0 Å². The molecule has 0 radical (unpaired) electrons. The van der Waals surface area contributed by atoms with E-state index in [1.54, 1.807) is 0 Å². The number of hydrogen-bond donors (Lipinski definition) is 1. The average Bonchev–Trinajstić information content (AvgIpc) is 3.08. The number of rotatable bonds is 4. The average molecular weight is 376 g/mol. The third kappa shape index (κ3) is 3.72. The number of carbonyl (C=O) groups excluding carboxylic acids is 1. The number of thioether (sulfide) groups is 1. The first-order valence-electron chi connectivity index (χ1n) is 8.29. The smallest absolute Gasteiger partial charge is 0.231 e. The molecule has 4 nitrogen and oxygen atoms in total. The second-order valence-electron chi connectivity index (χ2n) is 6.13. The van der Waals surface area contributed by atoms with Crippen LogP contribution < -0.4 is 14.8 Å². The van der Waals surface area contributed by atoms with Crippen LogP contribution in [0.5, 0.6) is 11.5 Å². The van der Waals surface area contributed by atoms with Crippen LogP contribution in [0.15, 0.2) is 41.3 Å². The molecule has 6 heteroatoms. The summed E-state index contributed by atoms with van der Waals surface area (Å²) in [6.07, 6.45) is 2.04. The van der Waals surface area contributed by atoms with Gasteiger partial charge in [-0.1, -0.05) is 17.7 Å². The third-order valence-corrected chi connectivity index (χ3v) is 5.78. The second kappa shape index (κ2) is 7.18. The largest absolute Gasteiger partial charge is 0.454 e. The minimum atomic E-state index is 0.0409. The van der Waals surface area contributed by atoms with Gasteiger partial charge in [-0.2, -0.15) is 0 Å². The van der Waals surface area contributed by atoms with Gasteiger partial charge in [0.05, 0.1) is 6.04 Å². The monoisotopic (exact) mass is 375 g/mol. The quantitative estimate of drug-likeness (QED) is 0.862. The van der Waals surface area contributed by atoms with Gasteiger partial charge < -0.3 is 14.8 Å². The summed E-state index contributed by atoms with van der Waals surface area (Å²) in [6, 6.07) is 11.8. The Morgan fingerprint density at radius 2 is 2.08 bits per heavy atom. The lowest BCUT2D eigenvalue weighted by Gasteiger charge is -2.26. The molecule has 25 heavy (non-hydrogen) atoms. The SMILES string of the molecule is O=C(CCc1ccc2c(c1)OCO2)NC1CCSc2ccc(Cl)cc21. The maximum Gasteiger partial charge on any atom is 0.231 e. The van der Waals surface area contributed by atoms with Gasteiger partial charge in [-0.3, -0.25) is 4.79 Å². The highest BCUT2D eigenvalue weighted by Crippen LogP contribution is 2.37. The van der Waals surface area contributed by atoms with Crippen LogP contribution in [0.2, 0.25) is 5.02 Å². The minimum Gasteiger partial charge on any atom is -0.454 e. The molecule has 2 aliphatic rings. The number of benzene rings is 2. The molecular weight excluding hydrogens is 358 g/mol. The number of carbonyl (C=O) groups is 1. The molecule has 0 aromatic heterocycles. The summed E-state index contributed by atoms with van der Waals surface area (Å²) in [7, 11) is 0. The van der Waals surface area contributed by atoms with Crippen LogP contribution in [0.3, 0.4) is 0 Å². The fraction of sp³-hybridized carbons (Fsp3) is 0.316. The van der Waals surface area contributed by atoms with E-state index in [1.807, 2.05) is 48.2 Å². The van der Waals surface area contributed by atoms with Gasteiger partial charge >= 0.3 is 0 Å². The van der Waals surface area contributed by atoms with Crippen molar-refractivity contribution in [3.63, 3.8) is 0 Å². The Labute approximate surface area is 155 Å². The van der Waals surface area contributed by atoms with Crippen molar-refractivity contribution in [3.05, 3.63) is 52.5 Å². The van der Waals surface area contributed by atoms with E-state index in [0.29, 0.717) is 17.9 Å². The van der Waals surface area contributed by atoms with Gasteiger partial charge in [-0.05, 0) is 54.3 Å². The van der Waals surface area contributed by atoms with Gasteiger partial charge in [-0.15, -0.1) is 11.8 Å². The van der Waals surface area contributed by atoms with E-state index in [4.69, 9.17) is 21.1 Å². The van der Waals surface area contributed by atoms with Crippen LogP contribution in [-0.2, 0) is 11.2 Å². The number of halogens is 1. The highest BCUT2D eigenvalue weighted by molar-refractivity contribution is 7.99. The zero-order chi connectivity index (χ0) is 17.2. The van der Waals surface area contributed by atoms with Crippen molar-refractivity contribution >= 4 is 29.3 Å². The molecule has 1 unspecified atom stereocenters. The lowest BCUT2D eigenvalue weighted by Crippen LogP contribution is -2.30. The molecule has 2 aromatic rings. The molecule has 130 valence electrons. The molecule has 1 N–H and O–H groups in total. The molecule has 0 aliphatic carbocycles. The molecule has 1 amide bonds. The van der Waals surface area contributed by atoms with Gasteiger partial charge in [0.2, 0.25) is 12.7 Å². The van der Waals surface area contributed by atoms with Crippen LogP contribution in [0, 0.1) is 0 Å². The fourth-order valence-corrected chi connectivity index (χ4v) is 4.42. The molecule has 0 bridgehead atoms. The number of fused-ring (bicyclic) bond motifs is 2. The highest BCUT2D eigenvalue weighted by atomic mass is 35.5. The van der Waals surface area contributed by atoms with Gasteiger partial charge in [0, 0.05) is 22.1 Å². The van der Waals surface area contributed by atoms with Crippen molar-refractivity contribution in [2.75, 3.05) is 12.5 Å². The Balaban J connectivity index is 1.38. The standard InChI is InChI=1S/C19H18ClNO3S/c20-13-3-5-18-14(10-13)15(7-8-25-18)21-19(22)6-2-12-1-4-16-17(9-12)24-11-23-16/h1,3-5,9-10,15H,2,6-8,11H2,(H,21,22). The van der Waals surface area contributed by atoms with Crippen LogP contribution >= 0.6 is 23.4 Å². The van der Waals surface area contributed by atoms with Crippen molar-refractivity contribution in [1.29, 1.82) is 0 Å². The van der Waals surface area contributed by atoms with E-state index in [-0.39, 0.29) is 18.7 Å². The summed E-state index contributed by atoms with van der Waals surface area (Å²) in [5, 5.41) is 3.87. The molecule has 0 fully saturated rings. The zero-order valence-electron chi connectivity index (χ0n) is 13.6. The first-order valence-corrected chi connectivity index (χ1v) is 9.65. The zero-order valence-corrected chi connectivity index (χ0v) is 15.2. The van der Waals surface area contributed by atoms with E-state index in [2.05, 4.69) is 5.32 Å². The lowest BCUT2D eigenvalue weighted by atomic mass is 10.0. The molecule has 2 aromatic carbocycles. The maximum absolute atomic E-state index is 12.4. The van der Waals surface area contributed by atoms with Crippen molar-refractivity contribution in [3.8, 4) is 11.5 Å². The second-order valence-corrected chi connectivity index (χ2v) is 7.70. The van der Waals surface area contributed by atoms with E-state index < -0.39 is 0 Å². The van der Waals surface area contributed by atoms with Gasteiger partial charge in [0.15, 0.2) is 11.5 Å². The number of nitrogens with one attached hydrogen (secondary N) is 1. The first kappa shape index (κ1) is 16.6. The van der Waals surface area contributed by atoms with Gasteiger partial charge in [0.1, 0.15) is 0 Å². The summed E-state index contributed by atoms with van der Waals surface area (Å²) in [5.41, 5.74) is 2.20. The Morgan fingerprint density at radius 1 is 1.20 bits per heavy atom. The molecule has 2 aliphatic heterocycles. The molecule has 4 rings (SSSR count).